The Balaban J connectivity index is 1.99. The predicted molar refractivity (Wildman–Crippen MR) is 106 cm³/mol. The Morgan fingerprint density at radius 3 is 1.96 bits per heavy atom. The fraction of sp³-hybridized carbons (Fsp3) is 0.0833. The van der Waals surface area contributed by atoms with Crippen LogP contribution in [-0.4, -0.2) is 4.98 Å². The molecule has 0 amide bonds. The molecule has 4 aromatic rings. The van der Waals surface area contributed by atoms with Gasteiger partial charge >= 0.3 is 5.82 Å². The van der Waals surface area contributed by atoms with Gasteiger partial charge in [0.2, 0.25) is 0 Å². The Bertz CT molecular complexity index is 1040. The van der Waals surface area contributed by atoms with E-state index < -0.39 is 0 Å². The number of rotatable bonds is 3. The molecule has 0 aliphatic rings. The van der Waals surface area contributed by atoms with Gasteiger partial charge in [-0.2, -0.15) is 4.57 Å². The number of benzene rings is 2. The van der Waals surface area contributed by atoms with E-state index >= 15 is 0 Å². The van der Waals surface area contributed by atoms with Crippen molar-refractivity contribution >= 4 is 0 Å². The lowest BCUT2D eigenvalue weighted by molar-refractivity contribution is -0.594. The number of nitrogens with zero attached hydrogens (tertiary/aromatic N) is 2. The highest BCUT2D eigenvalue weighted by atomic mass is 15.1. The minimum absolute atomic E-state index is 0.945. The molecule has 126 valence electrons. The smallest absolute Gasteiger partial charge is 0.193 e. The van der Waals surface area contributed by atoms with Crippen LogP contribution in [0.4, 0.5) is 0 Å². The highest BCUT2D eigenvalue weighted by molar-refractivity contribution is 5.69. The summed E-state index contributed by atoms with van der Waals surface area (Å²) in [6.45, 7) is 4.24. The SMILES string of the molecule is Cc1ccnc(-[n+]2c(C)cc(-c3ccccc3)cc2-c2ccccc2)c1. The van der Waals surface area contributed by atoms with Crippen molar-refractivity contribution in [3.63, 3.8) is 0 Å². The van der Waals surface area contributed by atoms with Crippen LogP contribution in [0.15, 0.2) is 91.1 Å². The van der Waals surface area contributed by atoms with E-state index in [2.05, 4.69) is 90.1 Å². The molecule has 2 nitrogen and oxygen atoms in total. The molecule has 0 aliphatic carbocycles. The standard InChI is InChI=1S/C24H21N2/c1-18-13-14-25-24(15-18)26-19(2)16-22(20-9-5-3-6-10-20)17-23(26)21-11-7-4-8-12-21/h3-17H,1-2H3/q+1. The summed E-state index contributed by atoms with van der Waals surface area (Å²) < 4.78 is 2.23. The molecule has 2 heteroatoms. The fourth-order valence-corrected chi connectivity index (χ4v) is 3.30. The molecule has 4 rings (SSSR count). The van der Waals surface area contributed by atoms with E-state index in [1.54, 1.807) is 0 Å². The first-order chi connectivity index (χ1) is 12.7. The van der Waals surface area contributed by atoms with Crippen molar-refractivity contribution in [2.24, 2.45) is 0 Å². The van der Waals surface area contributed by atoms with E-state index in [1.165, 1.54) is 22.3 Å². The lowest BCUT2D eigenvalue weighted by Gasteiger charge is -2.12. The van der Waals surface area contributed by atoms with Gasteiger partial charge in [0.25, 0.3) is 0 Å². The molecular weight excluding hydrogens is 316 g/mol. The number of aryl methyl sites for hydroxylation is 2. The summed E-state index contributed by atoms with van der Waals surface area (Å²) in [5.74, 6) is 0.945. The van der Waals surface area contributed by atoms with Crippen LogP contribution < -0.4 is 4.57 Å². The second kappa shape index (κ2) is 6.93. The molecular formula is C24H21N2+. The second-order valence-corrected chi connectivity index (χ2v) is 6.53. The largest absolute Gasteiger partial charge is 0.328 e. The molecule has 0 aliphatic heterocycles. The molecule has 2 aromatic heterocycles. The summed E-state index contributed by atoms with van der Waals surface area (Å²) in [4.78, 5) is 4.62. The average Bonchev–Trinajstić information content (AvgIpc) is 2.68. The molecule has 0 radical (unpaired) electrons. The lowest BCUT2D eigenvalue weighted by atomic mass is 10.0. The fourth-order valence-electron chi connectivity index (χ4n) is 3.30. The van der Waals surface area contributed by atoms with Crippen molar-refractivity contribution in [2.75, 3.05) is 0 Å². The quantitative estimate of drug-likeness (QED) is 0.463. The highest BCUT2D eigenvalue weighted by Gasteiger charge is 2.19. The third kappa shape index (κ3) is 3.14. The topological polar surface area (TPSA) is 16.8 Å². The van der Waals surface area contributed by atoms with Gasteiger partial charge in [-0.1, -0.05) is 60.7 Å². The Hall–Kier alpha value is -3.26. The van der Waals surface area contributed by atoms with Crippen LogP contribution in [0.5, 0.6) is 0 Å². The maximum Gasteiger partial charge on any atom is 0.328 e. The molecule has 0 saturated heterocycles. The van der Waals surface area contributed by atoms with E-state index in [-0.39, 0.29) is 0 Å². The van der Waals surface area contributed by atoms with Gasteiger partial charge in [-0.3, -0.25) is 0 Å². The van der Waals surface area contributed by atoms with Crippen LogP contribution in [0.3, 0.4) is 0 Å². The van der Waals surface area contributed by atoms with Crippen molar-refractivity contribution in [1.29, 1.82) is 0 Å². The molecule has 0 N–H and O–H groups in total. The van der Waals surface area contributed by atoms with Crippen molar-refractivity contribution in [3.05, 3.63) is 102 Å². The Kier molecular flexibility index (Phi) is 4.32. The van der Waals surface area contributed by atoms with Crippen LogP contribution in [-0.2, 0) is 0 Å². The molecule has 0 atom stereocenters. The summed E-state index contributed by atoms with van der Waals surface area (Å²) in [5, 5.41) is 0. The first kappa shape index (κ1) is 16.2. The average molecular weight is 337 g/mol. The molecule has 0 spiro atoms. The number of pyridine rings is 2. The zero-order valence-electron chi connectivity index (χ0n) is 15.1. The maximum atomic E-state index is 4.62. The first-order valence-corrected chi connectivity index (χ1v) is 8.83. The number of hydrogen-bond donors (Lipinski definition) is 0. The third-order valence-electron chi connectivity index (χ3n) is 4.56. The monoisotopic (exact) mass is 337 g/mol. The van der Waals surface area contributed by atoms with Crippen LogP contribution in [0, 0.1) is 13.8 Å². The second-order valence-electron chi connectivity index (χ2n) is 6.53. The van der Waals surface area contributed by atoms with Crippen LogP contribution in [0.1, 0.15) is 11.3 Å². The van der Waals surface area contributed by atoms with Crippen molar-refractivity contribution in [2.45, 2.75) is 13.8 Å². The highest BCUT2D eigenvalue weighted by Crippen LogP contribution is 2.26. The summed E-state index contributed by atoms with van der Waals surface area (Å²) >= 11 is 0. The van der Waals surface area contributed by atoms with Gasteiger partial charge in [0.1, 0.15) is 17.6 Å². The summed E-state index contributed by atoms with van der Waals surface area (Å²) in [6, 6.07) is 29.6. The van der Waals surface area contributed by atoms with Gasteiger partial charge in [-0.25, -0.2) is 0 Å². The summed E-state index contributed by atoms with van der Waals surface area (Å²) in [5.41, 5.74) is 7.11. The summed E-state index contributed by atoms with van der Waals surface area (Å²) in [6.07, 6.45) is 1.87. The molecule has 26 heavy (non-hydrogen) atoms. The van der Waals surface area contributed by atoms with E-state index in [4.69, 9.17) is 0 Å². The zero-order valence-corrected chi connectivity index (χ0v) is 15.1. The minimum Gasteiger partial charge on any atom is -0.193 e. The molecule has 0 fully saturated rings. The Morgan fingerprint density at radius 2 is 1.31 bits per heavy atom. The van der Waals surface area contributed by atoms with E-state index in [1.807, 2.05) is 24.4 Å². The van der Waals surface area contributed by atoms with Crippen molar-refractivity contribution in [1.82, 2.24) is 4.98 Å². The van der Waals surface area contributed by atoms with E-state index in [0.29, 0.717) is 0 Å². The van der Waals surface area contributed by atoms with Crippen molar-refractivity contribution in [3.8, 4) is 28.2 Å². The Labute approximate surface area is 154 Å². The molecule has 2 aromatic carbocycles. The first-order valence-electron chi connectivity index (χ1n) is 8.83. The predicted octanol–water partition coefficient (Wildman–Crippen LogP) is 5.31. The lowest BCUT2D eigenvalue weighted by Crippen LogP contribution is -2.38. The van der Waals surface area contributed by atoms with Crippen LogP contribution >= 0.6 is 0 Å². The Morgan fingerprint density at radius 1 is 0.654 bits per heavy atom. The zero-order chi connectivity index (χ0) is 17.9. The van der Waals surface area contributed by atoms with Crippen molar-refractivity contribution < 1.29 is 4.57 Å². The molecule has 0 bridgehead atoms. The van der Waals surface area contributed by atoms with Gasteiger partial charge in [0.05, 0.1) is 0 Å². The maximum absolute atomic E-state index is 4.62. The van der Waals surface area contributed by atoms with Gasteiger partial charge in [0.15, 0.2) is 0 Å². The van der Waals surface area contributed by atoms with E-state index in [0.717, 1.165) is 17.2 Å². The van der Waals surface area contributed by atoms with Crippen LogP contribution in [0.25, 0.3) is 28.2 Å². The van der Waals surface area contributed by atoms with Gasteiger partial charge in [-0.05, 0) is 53.7 Å². The van der Waals surface area contributed by atoms with Gasteiger partial charge < -0.3 is 0 Å². The molecule has 0 unspecified atom stereocenters. The normalized spacial score (nSPS) is 10.7. The van der Waals surface area contributed by atoms with Crippen LogP contribution in [0.2, 0.25) is 0 Å². The number of hydrogen-bond acceptors (Lipinski definition) is 1. The van der Waals surface area contributed by atoms with Gasteiger partial charge in [0, 0.05) is 11.6 Å². The van der Waals surface area contributed by atoms with E-state index in [9.17, 15) is 0 Å². The molecule has 2 heterocycles. The van der Waals surface area contributed by atoms with Gasteiger partial charge in [-0.15, -0.1) is 0 Å². The number of aromatic nitrogens is 2. The summed E-state index contributed by atoms with van der Waals surface area (Å²) in [7, 11) is 0. The third-order valence-corrected chi connectivity index (χ3v) is 4.56. The molecule has 0 saturated carbocycles. The minimum atomic E-state index is 0.945.